The maximum Gasteiger partial charge on any atom is 0.110 e. The first kappa shape index (κ1) is 11.6. The molecule has 1 fully saturated rings. The van der Waals surface area contributed by atoms with Gasteiger partial charge in [0.1, 0.15) is 10.9 Å². The molecule has 86 valence electrons. The van der Waals surface area contributed by atoms with Crippen molar-refractivity contribution in [3.63, 3.8) is 0 Å². The first-order valence-electron chi connectivity index (χ1n) is 5.86. The van der Waals surface area contributed by atoms with E-state index in [4.69, 9.17) is 5.26 Å². The lowest BCUT2D eigenvalue weighted by Crippen LogP contribution is -2.38. The normalized spacial score (nSPS) is 19.8. The molecular formula is C13H18N2S. The van der Waals surface area contributed by atoms with E-state index in [1.807, 2.05) is 6.07 Å². The van der Waals surface area contributed by atoms with Crippen molar-refractivity contribution in [1.82, 2.24) is 5.32 Å². The van der Waals surface area contributed by atoms with Gasteiger partial charge in [-0.3, -0.25) is 0 Å². The van der Waals surface area contributed by atoms with Crippen LogP contribution in [0, 0.1) is 16.7 Å². The first-order valence-corrected chi connectivity index (χ1v) is 6.68. The van der Waals surface area contributed by atoms with E-state index in [-0.39, 0.29) is 0 Å². The van der Waals surface area contributed by atoms with Gasteiger partial charge in [-0.1, -0.05) is 13.3 Å². The molecule has 1 heterocycles. The summed E-state index contributed by atoms with van der Waals surface area (Å²) >= 11 is 1.59. The number of nitrogens with one attached hydrogen (secondary N) is 1. The third kappa shape index (κ3) is 2.45. The van der Waals surface area contributed by atoms with Gasteiger partial charge in [-0.25, -0.2) is 0 Å². The molecule has 1 N–H and O–H groups in total. The van der Waals surface area contributed by atoms with Gasteiger partial charge in [-0.15, -0.1) is 11.3 Å². The van der Waals surface area contributed by atoms with Crippen LogP contribution in [-0.2, 0) is 0 Å². The monoisotopic (exact) mass is 234 g/mol. The maximum atomic E-state index is 8.78. The summed E-state index contributed by atoms with van der Waals surface area (Å²) in [5.74, 6) is 0. The highest BCUT2D eigenvalue weighted by atomic mass is 32.1. The van der Waals surface area contributed by atoms with E-state index >= 15 is 0 Å². The minimum absolute atomic E-state index is 0.365. The number of hydrogen-bond acceptors (Lipinski definition) is 3. The van der Waals surface area contributed by atoms with Crippen molar-refractivity contribution in [2.45, 2.75) is 39.2 Å². The molecule has 1 aliphatic rings. The van der Waals surface area contributed by atoms with Crippen molar-refractivity contribution in [1.29, 1.82) is 5.26 Å². The minimum Gasteiger partial charge on any atom is -0.309 e. The summed E-state index contributed by atoms with van der Waals surface area (Å²) in [5.41, 5.74) is 0.517. The average molecular weight is 234 g/mol. The molecule has 1 aromatic rings. The predicted octanol–water partition coefficient (Wildman–Crippen LogP) is 3.46. The van der Waals surface area contributed by atoms with E-state index in [1.54, 1.807) is 11.3 Å². The van der Waals surface area contributed by atoms with Gasteiger partial charge in [0.15, 0.2) is 0 Å². The van der Waals surface area contributed by atoms with Gasteiger partial charge in [-0.05, 0) is 37.3 Å². The summed E-state index contributed by atoms with van der Waals surface area (Å²) in [6.07, 6.45) is 4.07. The fraction of sp³-hybridized carbons (Fsp3) is 0.615. The van der Waals surface area contributed by atoms with Gasteiger partial charge in [0.2, 0.25) is 0 Å². The maximum absolute atomic E-state index is 8.78. The van der Waals surface area contributed by atoms with Crippen LogP contribution in [0.2, 0.25) is 0 Å². The third-order valence-corrected chi connectivity index (χ3v) is 4.73. The Kier molecular flexibility index (Phi) is 3.32. The van der Waals surface area contributed by atoms with Crippen LogP contribution >= 0.6 is 11.3 Å². The lowest BCUT2D eigenvalue weighted by atomic mass is 9.70. The molecule has 0 radical (unpaired) electrons. The summed E-state index contributed by atoms with van der Waals surface area (Å²) in [6, 6.07) is 6.52. The first-order chi connectivity index (χ1) is 7.63. The summed E-state index contributed by atoms with van der Waals surface area (Å²) in [4.78, 5) is 2.07. The second-order valence-electron chi connectivity index (χ2n) is 5.08. The SMILES string of the molecule is CC(NCC1(C)CCC1)c1ccc(C#N)s1. The quantitative estimate of drug-likeness (QED) is 0.866. The Morgan fingerprint density at radius 1 is 1.56 bits per heavy atom. The van der Waals surface area contributed by atoms with Crippen molar-refractivity contribution in [2.24, 2.45) is 5.41 Å². The average Bonchev–Trinajstić information content (AvgIpc) is 2.71. The van der Waals surface area contributed by atoms with E-state index in [2.05, 4.69) is 31.3 Å². The Balaban J connectivity index is 1.88. The third-order valence-electron chi connectivity index (χ3n) is 3.56. The van der Waals surface area contributed by atoms with Gasteiger partial charge in [0.25, 0.3) is 0 Å². The number of thiophene rings is 1. The van der Waals surface area contributed by atoms with Crippen molar-refractivity contribution >= 4 is 11.3 Å². The number of nitriles is 1. The second kappa shape index (κ2) is 4.57. The standard InChI is InChI=1S/C13H18N2S/c1-10(12-5-4-11(8-14)16-12)15-9-13(2)6-3-7-13/h4-5,10,15H,3,6-7,9H2,1-2H3. The van der Waals surface area contributed by atoms with Crippen LogP contribution in [0.25, 0.3) is 0 Å². The smallest absolute Gasteiger partial charge is 0.110 e. The van der Waals surface area contributed by atoms with Gasteiger partial charge in [0.05, 0.1) is 0 Å². The van der Waals surface area contributed by atoms with E-state index in [1.165, 1.54) is 24.1 Å². The zero-order valence-corrected chi connectivity index (χ0v) is 10.7. The molecule has 3 heteroatoms. The lowest BCUT2D eigenvalue weighted by Gasteiger charge is -2.39. The molecule has 0 aliphatic heterocycles. The van der Waals surface area contributed by atoms with Crippen molar-refractivity contribution in [3.8, 4) is 6.07 Å². The van der Waals surface area contributed by atoms with Crippen LogP contribution in [0.5, 0.6) is 0 Å². The van der Waals surface area contributed by atoms with Crippen LogP contribution in [0.15, 0.2) is 12.1 Å². The van der Waals surface area contributed by atoms with E-state index in [0.717, 1.165) is 11.4 Å². The van der Waals surface area contributed by atoms with Gasteiger partial charge in [0, 0.05) is 17.5 Å². The van der Waals surface area contributed by atoms with E-state index < -0.39 is 0 Å². The fourth-order valence-electron chi connectivity index (χ4n) is 2.10. The van der Waals surface area contributed by atoms with Crippen LogP contribution in [0.4, 0.5) is 0 Å². The Labute approximate surface area is 101 Å². The Morgan fingerprint density at radius 2 is 2.31 bits per heavy atom. The summed E-state index contributed by atoms with van der Waals surface area (Å²) in [5, 5.41) is 12.4. The number of rotatable bonds is 4. The van der Waals surface area contributed by atoms with Crippen molar-refractivity contribution in [3.05, 3.63) is 21.9 Å². The molecule has 1 aromatic heterocycles. The molecule has 2 rings (SSSR count). The number of hydrogen-bond donors (Lipinski definition) is 1. The predicted molar refractivity (Wildman–Crippen MR) is 67.4 cm³/mol. The van der Waals surface area contributed by atoms with Gasteiger partial charge < -0.3 is 5.32 Å². The Morgan fingerprint density at radius 3 is 2.81 bits per heavy atom. The molecule has 1 aliphatic carbocycles. The highest BCUT2D eigenvalue weighted by Crippen LogP contribution is 2.40. The van der Waals surface area contributed by atoms with Crippen molar-refractivity contribution in [2.75, 3.05) is 6.54 Å². The molecule has 16 heavy (non-hydrogen) atoms. The van der Waals surface area contributed by atoms with Crippen LogP contribution in [0.1, 0.15) is 48.9 Å². The molecule has 1 saturated carbocycles. The molecule has 0 spiro atoms. The molecule has 1 unspecified atom stereocenters. The molecule has 0 amide bonds. The molecular weight excluding hydrogens is 216 g/mol. The van der Waals surface area contributed by atoms with Gasteiger partial charge >= 0.3 is 0 Å². The summed E-state index contributed by atoms with van der Waals surface area (Å²) < 4.78 is 0. The Hall–Kier alpha value is -0.850. The highest BCUT2D eigenvalue weighted by Gasteiger charge is 2.31. The zero-order chi connectivity index (χ0) is 11.6. The largest absolute Gasteiger partial charge is 0.309 e. The molecule has 0 bridgehead atoms. The van der Waals surface area contributed by atoms with Crippen molar-refractivity contribution < 1.29 is 0 Å². The summed E-state index contributed by atoms with van der Waals surface area (Å²) in [7, 11) is 0. The zero-order valence-electron chi connectivity index (χ0n) is 9.92. The van der Waals surface area contributed by atoms with Gasteiger partial charge in [-0.2, -0.15) is 5.26 Å². The van der Waals surface area contributed by atoms with Crippen LogP contribution < -0.4 is 5.32 Å². The summed E-state index contributed by atoms with van der Waals surface area (Å²) in [6.45, 7) is 5.62. The fourth-order valence-corrected chi connectivity index (χ4v) is 2.93. The molecule has 0 saturated heterocycles. The molecule has 2 nitrogen and oxygen atoms in total. The van der Waals surface area contributed by atoms with E-state index in [0.29, 0.717) is 11.5 Å². The lowest BCUT2D eigenvalue weighted by molar-refractivity contribution is 0.152. The molecule has 1 atom stereocenters. The minimum atomic E-state index is 0.365. The Bertz CT molecular complexity index is 398. The molecule has 0 aromatic carbocycles. The van der Waals surface area contributed by atoms with Crippen LogP contribution in [0.3, 0.4) is 0 Å². The second-order valence-corrected chi connectivity index (χ2v) is 6.20. The number of nitrogens with zero attached hydrogens (tertiary/aromatic N) is 1. The van der Waals surface area contributed by atoms with Crippen LogP contribution in [-0.4, -0.2) is 6.54 Å². The topological polar surface area (TPSA) is 35.8 Å². The van der Waals surface area contributed by atoms with E-state index in [9.17, 15) is 0 Å². The highest BCUT2D eigenvalue weighted by molar-refractivity contribution is 7.12.